The second-order valence-corrected chi connectivity index (χ2v) is 26.1. The highest BCUT2D eigenvalue weighted by Crippen LogP contribution is 2.18. The number of ether oxygens (including phenoxy) is 4. The van der Waals surface area contributed by atoms with E-state index in [4.69, 9.17) is 18.9 Å². The number of carboxylic acids is 1. The fraction of sp³-hybridized carbons (Fsp3) is 0.862. The number of nitrogens with zero attached hydrogens (tertiary/aromatic N) is 3. The van der Waals surface area contributed by atoms with E-state index < -0.39 is 83.3 Å². The van der Waals surface area contributed by atoms with Crippen molar-refractivity contribution in [3.05, 3.63) is 0 Å². The van der Waals surface area contributed by atoms with Crippen molar-refractivity contribution in [2.24, 2.45) is 17.8 Å². The summed E-state index contributed by atoms with van der Waals surface area (Å²) < 4.78 is 21.6. The fourth-order valence-electron chi connectivity index (χ4n) is 8.53. The molecule has 0 aromatic carbocycles. The minimum atomic E-state index is -1.17. The number of carbonyl (C=O) groups excluding carboxylic acids is 7. The Morgan fingerprint density at radius 1 is 0.346 bits per heavy atom. The second kappa shape index (κ2) is 38.6. The van der Waals surface area contributed by atoms with E-state index in [-0.39, 0.29) is 42.7 Å². The lowest BCUT2D eigenvalue weighted by Gasteiger charge is -2.34. The molecule has 0 aromatic heterocycles. The topological polar surface area (TPSA) is 288 Å². The van der Waals surface area contributed by atoms with E-state index in [1.54, 1.807) is 83.1 Å². The lowest BCUT2D eigenvalue weighted by molar-refractivity contribution is -0.139. The molecule has 0 radical (unpaired) electrons. The molecule has 0 spiro atoms. The number of hydrogen-bond acceptors (Lipinski definition) is 15. The Hall–Kier alpha value is -5.16. The minimum absolute atomic E-state index is 0.0652. The van der Waals surface area contributed by atoms with Crippen molar-refractivity contribution in [2.75, 3.05) is 85.1 Å². The molecule has 23 heteroatoms. The van der Waals surface area contributed by atoms with E-state index in [0.29, 0.717) is 123 Å². The van der Waals surface area contributed by atoms with Crippen LogP contribution in [0.4, 0.5) is 19.2 Å². The van der Waals surface area contributed by atoms with E-state index in [9.17, 15) is 43.5 Å². The summed E-state index contributed by atoms with van der Waals surface area (Å²) in [5.41, 5.74) is -2.63. The average Bonchev–Trinajstić information content (AvgIpc) is 3.29. The standard InChI is InChI=1S/C58H112N10O13/c1-41(2)37-44(66(33-21-27-61-51(74)78-55(7,8)9)34-22-28-62-52(75)79-56(10,11)12)48(71)59-25-19-31-68(46(39-43(5)6)50(73)65-40-47(69)70)32-20-26-60-49(72)45(38-42(3)4)67(35-23-29-63-53(76)80-57(13,14)15)36-24-30-64-54(77)81-58(16,17)18/h41-46H,19-40H2,1-18H3,(H,59,71)(H,60,72)(H,61,74)(H,62,75)(H,63,76)(H,64,77)(H,65,73)(H,69,70)/t44-,45-,46-/m0/s1. The molecule has 0 aliphatic heterocycles. The monoisotopic (exact) mass is 1160 g/mol. The molecule has 0 bridgehead atoms. The van der Waals surface area contributed by atoms with Crippen molar-refractivity contribution in [1.29, 1.82) is 0 Å². The number of aliphatic carboxylic acids is 1. The third kappa shape index (κ3) is 41.5. The van der Waals surface area contributed by atoms with Crippen LogP contribution < -0.4 is 37.2 Å². The number of carbonyl (C=O) groups is 8. The smallest absolute Gasteiger partial charge is 0.407 e. The van der Waals surface area contributed by atoms with Crippen LogP contribution in [0.2, 0.25) is 0 Å². The Kier molecular flexibility index (Phi) is 36.1. The summed E-state index contributed by atoms with van der Waals surface area (Å²) in [5.74, 6) is -1.61. The van der Waals surface area contributed by atoms with E-state index in [0.717, 1.165) is 0 Å². The molecular formula is C58H112N10O13. The predicted molar refractivity (Wildman–Crippen MR) is 316 cm³/mol. The van der Waals surface area contributed by atoms with Gasteiger partial charge in [-0.05, 0) is 159 Å². The maximum Gasteiger partial charge on any atom is 0.407 e. The van der Waals surface area contributed by atoms with Crippen molar-refractivity contribution in [3.63, 3.8) is 0 Å². The maximum absolute atomic E-state index is 14.3. The van der Waals surface area contributed by atoms with Crippen LogP contribution in [0.5, 0.6) is 0 Å². The molecule has 3 atom stereocenters. The first-order valence-electron chi connectivity index (χ1n) is 29.5. The van der Waals surface area contributed by atoms with Gasteiger partial charge >= 0.3 is 30.3 Å². The van der Waals surface area contributed by atoms with Gasteiger partial charge in [0.25, 0.3) is 0 Å². The van der Waals surface area contributed by atoms with Gasteiger partial charge in [-0.25, -0.2) is 19.2 Å². The van der Waals surface area contributed by atoms with Gasteiger partial charge in [-0.1, -0.05) is 41.5 Å². The van der Waals surface area contributed by atoms with Crippen LogP contribution >= 0.6 is 0 Å². The molecule has 0 aliphatic rings. The van der Waals surface area contributed by atoms with E-state index in [1.165, 1.54) is 0 Å². The molecule has 7 amide bonds. The van der Waals surface area contributed by atoms with Crippen LogP contribution in [0.3, 0.4) is 0 Å². The zero-order chi connectivity index (χ0) is 62.1. The molecule has 0 rings (SSSR count). The number of alkyl carbamates (subject to hydrolysis) is 4. The molecular weight excluding hydrogens is 1040 g/mol. The van der Waals surface area contributed by atoms with Crippen molar-refractivity contribution in [2.45, 2.75) is 223 Å². The minimum Gasteiger partial charge on any atom is -0.480 e. The van der Waals surface area contributed by atoms with Crippen LogP contribution in [0.1, 0.15) is 182 Å². The Balaban J connectivity index is 6.47. The van der Waals surface area contributed by atoms with Crippen molar-refractivity contribution >= 4 is 48.1 Å². The largest absolute Gasteiger partial charge is 0.480 e. The van der Waals surface area contributed by atoms with Crippen LogP contribution in [0.15, 0.2) is 0 Å². The Morgan fingerprint density at radius 2 is 0.543 bits per heavy atom. The van der Waals surface area contributed by atoms with Crippen molar-refractivity contribution < 1.29 is 62.4 Å². The highest BCUT2D eigenvalue weighted by atomic mass is 16.6. The molecule has 0 aromatic rings. The van der Waals surface area contributed by atoms with E-state index in [2.05, 4.69) is 47.0 Å². The highest BCUT2D eigenvalue weighted by molar-refractivity contribution is 5.85. The van der Waals surface area contributed by atoms with Gasteiger partial charge in [0.2, 0.25) is 17.7 Å². The third-order valence-electron chi connectivity index (χ3n) is 11.7. The van der Waals surface area contributed by atoms with Gasteiger partial charge in [0, 0.05) is 78.5 Å². The molecule has 23 nitrogen and oxygen atoms in total. The number of rotatable bonds is 38. The van der Waals surface area contributed by atoms with Gasteiger partial charge in [0.1, 0.15) is 28.9 Å². The maximum atomic E-state index is 14.3. The first kappa shape index (κ1) is 75.8. The quantitative estimate of drug-likeness (QED) is 0.0228. The molecule has 8 N–H and O–H groups in total. The zero-order valence-corrected chi connectivity index (χ0v) is 53.2. The van der Waals surface area contributed by atoms with E-state index >= 15 is 0 Å². The molecule has 0 unspecified atom stereocenters. The molecule has 0 heterocycles. The van der Waals surface area contributed by atoms with Crippen LogP contribution in [-0.4, -0.2) is 193 Å². The summed E-state index contributed by atoms with van der Waals surface area (Å²) in [7, 11) is 0. The summed E-state index contributed by atoms with van der Waals surface area (Å²) in [4.78, 5) is 110. The highest BCUT2D eigenvalue weighted by Gasteiger charge is 2.31. The average molecular weight is 1160 g/mol. The molecule has 472 valence electrons. The van der Waals surface area contributed by atoms with Crippen LogP contribution in [0.25, 0.3) is 0 Å². The van der Waals surface area contributed by atoms with Crippen molar-refractivity contribution in [3.8, 4) is 0 Å². The van der Waals surface area contributed by atoms with Gasteiger partial charge in [-0.15, -0.1) is 0 Å². The van der Waals surface area contributed by atoms with Gasteiger partial charge in [0.15, 0.2) is 0 Å². The van der Waals surface area contributed by atoms with Crippen LogP contribution in [-0.2, 0) is 38.1 Å². The number of nitrogens with one attached hydrogen (secondary N) is 7. The molecule has 0 aliphatic carbocycles. The summed E-state index contributed by atoms with van der Waals surface area (Å²) in [6.45, 7) is 37.5. The third-order valence-corrected chi connectivity index (χ3v) is 11.7. The molecule has 0 fully saturated rings. The zero-order valence-electron chi connectivity index (χ0n) is 53.2. The number of amides is 7. The first-order chi connectivity index (χ1) is 37.4. The lowest BCUT2D eigenvalue weighted by Crippen LogP contribution is -2.51. The number of hydrogen-bond donors (Lipinski definition) is 8. The number of carboxylic acid groups (broad SMARTS) is 1. The van der Waals surface area contributed by atoms with E-state index in [1.807, 2.05) is 46.4 Å². The van der Waals surface area contributed by atoms with Gasteiger partial charge in [-0.2, -0.15) is 0 Å². The summed E-state index contributed by atoms with van der Waals surface area (Å²) in [5, 5.41) is 29.5. The Bertz CT molecular complexity index is 1690. The van der Waals surface area contributed by atoms with Crippen molar-refractivity contribution in [1.82, 2.24) is 51.9 Å². The van der Waals surface area contributed by atoms with Gasteiger partial charge in [0.05, 0.1) is 18.1 Å². The first-order valence-corrected chi connectivity index (χ1v) is 29.5. The molecule has 81 heavy (non-hydrogen) atoms. The Morgan fingerprint density at radius 3 is 0.728 bits per heavy atom. The predicted octanol–water partition coefficient (Wildman–Crippen LogP) is 7.01. The SMILES string of the molecule is CC(C)C[C@@H](C(=O)NCCCN(CCCNC(=O)[C@H](CC(C)C)N(CCCNC(=O)OC(C)(C)C)CCCNC(=O)OC(C)(C)C)[C@@H](CC(C)C)C(=O)NCC(=O)O)N(CCCNC(=O)OC(C)(C)C)CCCNC(=O)OC(C)(C)C. The summed E-state index contributed by atoms with van der Waals surface area (Å²) in [6, 6.07) is -1.78. The summed E-state index contributed by atoms with van der Waals surface area (Å²) >= 11 is 0. The van der Waals surface area contributed by atoms with Crippen LogP contribution in [0, 0.1) is 17.8 Å². The fourth-order valence-corrected chi connectivity index (χ4v) is 8.53. The normalized spacial score (nSPS) is 13.4. The Labute approximate surface area is 486 Å². The van der Waals surface area contributed by atoms with Gasteiger partial charge in [-0.3, -0.25) is 33.9 Å². The van der Waals surface area contributed by atoms with Gasteiger partial charge < -0.3 is 61.3 Å². The lowest BCUT2D eigenvalue weighted by atomic mass is 10.00. The second-order valence-electron chi connectivity index (χ2n) is 26.1. The molecule has 0 saturated carbocycles. The summed E-state index contributed by atoms with van der Waals surface area (Å²) in [6.07, 6.45) is 2.38. The molecule has 0 saturated heterocycles.